The molecule has 39 heavy (non-hydrogen) atoms. The Labute approximate surface area is 233 Å². The van der Waals surface area contributed by atoms with Crippen molar-refractivity contribution in [1.82, 2.24) is 21.3 Å². The highest BCUT2D eigenvalue weighted by molar-refractivity contribution is 6.39. The van der Waals surface area contributed by atoms with E-state index in [4.69, 9.17) is 32.5 Å². The molecule has 12 heteroatoms. The number of ether oxygens (including phenoxy) is 1. The van der Waals surface area contributed by atoms with Gasteiger partial charge in [-0.1, -0.05) is 40.5 Å². The highest BCUT2D eigenvalue weighted by Crippen LogP contribution is 2.46. The summed E-state index contributed by atoms with van der Waals surface area (Å²) in [5.74, 6) is 0.0492. The Bertz CT molecular complexity index is 1400. The number of piperidine rings is 1. The van der Waals surface area contributed by atoms with Crippen molar-refractivity contribution in [3.8, 4) is 11.3 Å². The Morgan fingerprint density at radius 3 is 2.49 bits per heavy atom. The number of urea groups is 1. The Balaban J connectivity index is 1.10. The molecule has 1 unspecified atom stereocenters. The zero-order valence-corrected chi connectivity index (χ0v) is 22.3. The lowest BCUT2D eigenvalue weighted by atomic mass is 10.0. The van der Waals surface area contributed by atoms with E-state index in [-0.39, 0.29) is 11.7 Å². The van der Waals surface area contributed by atoms with Gasteiger partial charge in [-0.2, -0.15) is 0 Å². The Morgan fingerprint density at radius 1 is 1.08 bits per heavy atom. The first-order valence-electron chi connectivity index (χ1n) is 12.8. The molecule has 1 saturated carbocycles. The highest BCUT2D eigenvalue weighted by Gasteiger charge is 2.34. The quantitative estimate of drug-likeness (QED) is 0.355. The average Bonchev–Trinajstić information content (AvgIpc) is 3.68. The topological polar surface area (TPSA) is 109 Å². The summed E-state index contributed by atoms with van der Waals surface area (Å²) in [6.07, 6.45) is 3.65. The predicted octanol–water partition coefficient (Wildman–Crippen LogP) is 5.24. The lowest BCUT2D eigenvalue weighted by Crippen LogP contribution is -2.58. The number of carbonyl (C=O) groups excluding carboxylic acids is 2. The molecule has 3 heterocycles. The first kappa shape index (κ1) is 26.1. The van der Waals surface area contributed by atoms with Crippen LogP contribution in [0.15, 0.2) is 40.9 Å². The largest absolute Gasteiger partial charge is 0.373 e. The second-order valence-corrected chi connectivity index (χ2v) is 10.8. The second kappa shape index (κ2) is 10.8. The summed E-state index contributed by atoms with van der Waals surface area (Å²) in [6, 6.07) is 8.44. The number of anilines is 1. The van der Waals surface area contributed by atoms with Gasteiger partial charge < -0.3 is 14.2 Å². The van der Waals surface area contributed by atoms with Crippen LogP contribution in [0.4, 0.5) is 14.9 Å². The molecule has 0 radical (unpaired) electrons. The van der Waals surface area contributed by atoms with Crippen LogP contribution in [0.25, 0.3) is 11.3 Å². The molecule has 3 amide bonds. The number of hydrazine groups is 1. The molecule has 9 nitrogen and oxygen atoms in total. The summed E-state index contributed by atoms with van der Waals surface area (Å²) in [4.78, 5) is 25.4. The number of benzene rings is 2. The molecule has 1 aliphatic carbocycles. The zero-order valence-electron chi connectivity index (χ0n) is 20.8. The minimum absolute atomic E-state index is 0.0145. The van der Waals surface area contributed by atoms with Gasteiger partial charge in [-0.15, -0.1) is 0 Å². The van der Waals surface area contributed by atoms with Crippen molar-refractivity contribution in [3.05, 3.63) is 69.1 Å². The van der Waals surface area contributed by atoms with E-state index in [1.54, 1.807) is 30.3 Å². The maximum absolute atomic E-state index is 14.9. The number of nitrogens with one attached hydrogen (secondary N) is 3. The van der Waals surface area contributed by atoms with Crippen LogP contribution < -0.4 is 21.1 Å². The standard InChI is InChI=1S/C27H26Cl2FN5O4/c28-19-2-1-3-20(29)22(19)23-18(25(39-34-23)14-4-5-14)13-38-16-8-10-35(11-9-16)15-6-7-17(21(30)12-15)24-26(36)31-27(37)33-32-24/h1-3,6-7,12,14,16,24,32H,4-5,8-11,13H2,(H2,31,33,36,37). The Hall–Kier alpha value is -3.18. The third-order valence-electron chi connectivity index (χ3n) is 7.36. The first-order chi connectivity index (χ1) is 18.9. The molecule has 2 aliphatic heterocycles. The maximum Gasteiger partial charge on any atom is 0.335 e. The lowest BCUT2D eigenvalue weighted by molar-refractivity contribution is -0.123. The molecule has 3 fully saturated rings. The third-order valence-corrected chi connectivity index (χ3v) is 7.99. The van der Waals surface area contributed by atoms with Crippen LogP contribution in [0.2, 0.25) is 10.0 Å². The number of imide groups is 1. The Kier molecular flexibility index (Phi) is 7.20. The normalized spacial score (nSPS) is 20.2. The summed E-state index contributed by atoms with van der Waals surface area (Å²) >= 11 is 12.9. The summed E-state index contributed by atoms with van der Waals surface area (Å²) in [6.45, 7) is 1.71. The van der Waals surface area contributed by atoms with Gasteiger partial charge >= 0.3 is 6.03 Å². The van der Waals surface area contributed by atoms with Gasteiger partial charge in [0.05, 0.1) is 22.8 Å². The SMILES string of the molecule is O=C1NNC(c2ccc(N3CCC(OCc4c(-c5c(Cl)cccc5Cl)noc4C4CC4)CC3)cc2F)C(=O)N1. The van der Waals surface area contributed by atoms with E-state index in [1.807, 2.05) is 0 Å². The molecule has 0 spiro atoms. The number of halogens is 3. The average molecular weight is 574 g/mol. The van der Waals surface area contributed by atoms with Gasteiger partial charge in [0, 0.05) is 41.4 Å². The van der Waals surface area contributed by atoms with E-state index in [2.05, 4.69) is 26.2 Å². The lowest BCUT2D eigenvalue weighted by Gasteiger charge is -2.34. The molecule has 2 saturated heterocycles. The summed E-state index contributed by atoms with van der Waals surface area (Å²) < 4.78 is 27.0. The number of carbonyl (C=O) groups is 2. The summed E-state index contributed by atoms with van der Waals surface area (Å²) in [5, 5.41) is 7.47. The molecule has 3 N–H and O–H groups in total. The molecule has 0 bridgehead atoms. The van der Waals surface area contributed by atoms with Crippen LogP contribution in [0.5, 0.6) is 0 Å². The number of amides is 3. The number of rotatable bonds is 7. The molecule has 3 aromatic rings. The summed E-state index contributed by atoms with van der Waals surface area (Å²) in [7, 11) is 0. The molecular weight excluding hydrogens is 548 g/mol. The van der Waals surface area contributed by atoms with E-state index in [1.165, 1.54) is 6.07 Å². The fourth-order valence-electron chi connectivity index (χ4n) is 5.11. The number of aromatic nitrogens is 1. The molecular formula is C27H26Cl2FN5O4. The highest BCUT2D eigenvalue weighted by atomic mass is 35.5. The van der Waals surface area contributed by atoms with Crippen molar-refractivity contribution >= 4 is 40.8 Å². The third kappa shape index (κ3) is 5.34. The van der Waals surface area contributed by atoms with Crippen molar-refractivity contribution in [2.24, 2.45) is 0 Å². The van der Waals surface area contributed by atoms with E-state index < -0.39 is 23.8 Å². The second-order valence-electron chi connectivity index (χ2n) is 9.97. The van der Waals surface area contributed by atoms with Crippen LogP contribution >= 0.6 is 23.2 Å². The van der Waals surface area contributed by atoms with Crippen molar-refractivity contribution in [2.45, 2.75) is 50.4 Å². The maximum atomic E-state index is 14.9. The molecule has 6 rings (SSSR count). The van der Waals surface area contributed by atoms with Crippen molar-refractivity contribution in [3.63, 3.8) is 0 Å². The minimum Gasteiger partial charge on any atom is -0.373 e. The van der Waals surface area contributed by atoms with Crippen molar-refractivity contribution in [1.29, 1.82) is 0 Å². The van der Waals surface area contributed by atoms with Crippen LogP contribution in [0.1, 0.15) is 54.5 Å². The minimum atomic E-state index is -1.00. The van der Waals surface area contributed by atoms with Gasteiger partial charge in [-0.05, 0) is 49.9 Å². The molecule has 3 aliphatic rings. The van der Waals surface area contributed by atoms with E-state index in [9.17, 15) is 14.0 Å². The van der Waals surface area contributed by atoms with Gasteiger partial charge in [0.15, 0.2) is 0 Å². The molecule has 204 valence electrons. The molecule has 1 aromatic heterocycles. The van der Waals surface area contributed by atoms with E-state index >= 15 is 0 Å². The monoisotopic (exact) mass is 573 g/mol. The fraction of sp³-hybridized carbons (Fsp3) is 0.370. The molecule has 2 aromatic carbocycles. The first-order valence-corrected chi connectivity index (χ1v) is 13.6. The smallest absolute Gasteiger partial charge is 0.335 e. The predicted molar refractivity (Wildman–Crippen MR) is 143 cm³/mol. The molecule has 1 atom stereocenters. The van der Waals surface area contributed by atoms with Crippen LogP contribution in [-0.4, -0.2) is 36.3 Å². The summed E-state index contributed by atoms with van der Waals surface area (Å²) in [5.41, 5.74) is 7.87. The van der Waals surface area contributed by atoms with Gasteiger partial charge in [0.2, 0.25) is 0 Å². The van der Waals surface area contributed by atoms with Crippen molar-refractivity contribution in [2.75, 3.05) is 18.0 Å². The van der Waals surface area contributed by atoms with E-state index in [0.29, 0.717) is 46.9 Å². The van der Waals surface area contributed by atoms with Gasteiger partial charge in [0.1, 0.15) is 23.3 Å². The van der Waals surface area contributed by atoms with Gasteiger partial charge in [-0.3, -0.25) is 15.5 Å². The zero-order chi connectivity index (χ0) is 27.1. The number of hydrogen-bond acceptors (Lipinski definition) is 7. The fourth-order valence-corrected chi connectivity index (χ4v) is 5.69. The Morgan fingerprint density at radius 2 is 1.82 bits per heavy atom. The van der Waals surface area contributed by atoms with Gasteiger partial charge in [0.25, 0.3) is 5.91 Å². The number of hydrogen-bond donors (Lipinski definition) is 3. The van der Waals surface area contributed by atoms with Crippen LogP contribution in [0.3, 0.4) is 0 Å². The van der Waals surface area contributed by atoms with Crippen LogP contribution in [0, 0.1) is 5.82 Å². The van der Waals surface area contributed by atoms with Crippen LogP contribution in [-0.2, 0) is 16.1 Å². The van der Waals surface area contributed by atoms with Gasteiger partial charge in [-0.25, -0.2) is 14.6 Å². The van der Waals surface area contributed by atoms with E-state index in [0.717, 1.165) is 42.7 Å². The number of nitrogens with zero attached hydrogens (tertiary/aromatic N) is 2. The van der Waals surface area contributed by atoms with Crippen molar-refractivity contribution < 1.29 is 23.2 Å².